The maximum atomic E-state index is 13.4. The summed E-state index contributed by atoms with van der Waals surface area (Å²) in [6.07, 6.45) is 2.49. The van der Waals surface area contributed by atoms with E-state index < -0.39 is 36.0 Å². The number of amides is 4. The number of hydrogen-bond acceptors (Lipinski definition) is 6. The Morgan fingerprint density at radius 2 is 1.46 bits per heavy atom. The van der Waals surface area contributed by atoms with Crippen molar-refractivity contribution in [2.24, 2.45) is 5.92 Å². The maximum absolute atomic E-state index is 13.4. The number of carbonyl (C=O) groups excluding carboxylic acids is 5. The van der Waals surface area contributed by atoms with Gasteiger partial charge in [-0.05, 0) is 42.7 Å². The molecule has 4 amide bonds. The third-order valence-electron chi connectivity index (χ3n) is 6.56. The van der Waals surface area contributed by atoms with E-state index in [1.165, 1.54) is 0 Å². The predicted molar refractivity (Wildman–Crippen MR) is 153 cm³/mol. The van der Waals surface area contributed by atoms with Crippen molar-refractivity contribution in [2.45, 2.75) is 83.1 Å². The molecule has 0 bridgehead atoms. The molecule has 4 N–H and O–H groups in total. The molecule has 10 nitrogen and oxygen atoms in total. The Hall–Kier alpha value is -4.21. The predicted octanol–water partition coefficient (Wildman–Crippen LogP) is 2.80. The summed E-state index contributed by atoms with van der Waals surface area (Å²) in [6.45, 7) is 3.88. The zero-order valence-electron chi connectivity index (χ0n) is 23.6. The zero-order chi connectivity index (χ0) is 29.6. The highest BCUT2D eigenvalue weighted by Crippen LogP contribution is 2.18. The third kappa shape index (κ3) is 11.8. The molecule has 0 aliphatic heterocycles. The van der Waals surface area contributed by atoms with Crippen molar-refractivity contribution < 1.29 is 28.7 Å². The van der Waals surface area contributed by atoms with Gasteiger partial charge < -0.3 is 30.8 Å². The summed E-state index contributed by atoms with van der Waals surface area (Å²) < 4.78 is 5.30. The van der Waals surface area contributed by atoms with E-state index in [1.54, 1.807) is 0 Å². The van der Waals surface area contributed by atoms with E-state index in [0.717, 1.165) is 24.0 Å². The Kier molecular flexibility index (Phi) is 12.3. The number of benzene rings is 2. The summed E-state index contributed by atoms with van der Waals surface area (Å²) in [5, 5.41) is 10.9. The van der Waals surface area contributed by atoms with Crippen LogP contribution in [0, 0.1) is 5.92 Å². The second-order valence-corrected chi connectivity index (χ2v) is 10.8. The molecule has 0 unspecified atom stereocenters. The average molecular weight is 565 g/mol. The molecule has 41 heavy (non-hydrogen) atoms. The number of nitrogens with one attached hydrogen (secondary N) is 4. The highest BCUT2D eigenvalue weighted by Gasteiger charge is 2.29. The van der Waals surface area contributed by atoms with Crippen LogP contribution in [-0.2, 0) is 36.9 Å². The van der Waals surface area contributed by atoms with Gasteiger partial charge in [-0.25, -0.2) is 4.79 Å². The lowest BCUT2D eigenvalue weighted by atomic mass is 10.0. The maximum Gasteiger partial charge on any atom is 0.408 e. The minimum atomic E-state index is -1.02. The van der Waals surface area contributed by atoms with Crippen molar-refractivity contribution in [1.82, 2.24) is 21.3 Å². The Morgan fingerprint density at radius 3 is 2.05 bits per heavy atom. The van der Waals surface area contributed by atoms with Gasteiger partial charge in [0.15, 0.2) is 0 Å². The van der Waals surface area contributed by atoms with Crippen molar-refractivity contribution in [3.8, 4) is 0 Å². The first-order chi connectivity index (χ1) is 19.7. The number of hydrogen-bond donors (Lipinski definition) is 4. The lowest BCUT2D eigenvalue weighted by Crippen LogP contribution is -2.56. The zero-order valence-corrected chi connectivity index (χ0v) is 23.6. The molecule has 3 atom stereocenters. The van der Waals surface area contributed by atoms with Crippen molar-refractivity contribution in [1.29, 1.82) is 0 Å². The molecule has 2 aromatic carbocycles. The number of carbonyl (C=O) groups is 5. The Labute approximate surface area is 241 Å². The lowest BCUT2D eigenvalue weighted by molar-refractivity contribution is -0.131. The van der Waals surface area contributed by atoms with Gasteiger partial charge in [-0.2, -0.15) is 0 Å². The summed E-state index contributed by atoms with van der Waals surface area (Å²) in [4.78, 5) is 63.0. The number of aldehydes is 1. The summed E-state index contributed by atoms with van der Waals surface area (Å²) in [5.41, 5.74) is 1.61. The van der Waals surface area contributed by atoms with Crippen molar-refractivity contribution >= 4 is 30.1 Å². The fraction of sp³-hybridized carbons (Fsp3) is 0.452. The quantitative estimate of drug-likeness (QED) is 0.231. The average Bonchev–Trinajstić information content (AvgIpc) is 3.78. The van der Waals surface area contributed by atoms with Crippen LogP contribution in [0.15, 0.2) is 60.7 Å². The van der Waals surface area contributed by atoms with Gasteiger partial charge in [-0.1, -0.05) is 74.5 Å². The van der Waals surface area contributed by atoms with Gasteiger partial charge in [0.1, 0.15) is 25.0 Å². The van der Waals surface area contributed by atoms with Crippen LogP contribution in [0.4, 0.5) is 4.79 Å². The molecular weight excluding hydrogens is 524 g/mol. The topological polar surface area (TPSA) is 143 Å². The highest BCUT2D eigenvalue weighted by molar-refractivity contribution is 5.92. The number of ether oxygens (including phenoxy) is 1. The molecule has 1 fully saturated rings. The fourth-order valence-corrected chi connectivity index (χ4v) is 4.21. The summed E-state index contributed by atoms with van der Waals surface area (Å²) in [5.74, 6) is -1.21. The molecule has 1 aliphatic rings. The minimum absolute atomic E-state index is 0.0491. The van der Waals surface area contributed by atoms with Crippen molar-refractivity contribution in [2.75, 3.05) is 0 Å². The molecule has 0 aromatic heterocycles. The van der Waals surface area contributed by atoms with Crippen molar-refractivity contribution in [3.63, 3.8) is 0 Å². The Bertz CT molecular complexity index is 1150. The van der Waals surface area contributed by atoms with Crippen LogP contribution >= 0.6 is 0 Å². The first kappa shape index (κ1) is 31.3. The minimum Gasteiger partial charge on any atom is -0.445 e. The second kappa shape index (κ2) is 16.2. The first-order valence-corrected chi connectivity index (χ1v) is 14.1. The molecule has 3 rings (SSSR count). The van der Waals surface area contributed by atoms with Crippen LogP contribution in [-0.4, -0.2) is 54.3 Å². The fourth-order valence-electron chi connectivity index (χ4n) is 4.21. The van der Waals surface area contributed by atoms with E-state index in [4.69, 9.17) is 4.74 Å². The van der Waals surface area contributed by atoms with Gasteiger partial charge in [-0.3, -0.25) is 14.4 Å². The molecule has 1 aliphatic carbocycles. The molecule has 220 valence electrons. The van der Waals surface area contributed by atoms with Crippen LogP contribution in [0.5, 0.6) is 0 Å². The van der Waals surface area contributed by atoms with Crippen LogP contribution in [0.3, 0.4) is 0 Å². The second-order valence-electron chi connectivity index (χ2n) is 10.8. The van der Waals surface area contributed by atoms with Gasteiger partial charge in [0.2, 0.25) is 17.7 Å². The van der Waals surface area contributed by atoms with Crippen LogP contribution in [0.25, 0.3) is 0 Å². The molecular formula is C31H40N4O6. The van der Waals surface area contributed by atoms with Gasteiger partial charge in [0.05, 0.1) is 6.04 Å². The van der Waals surface area contributed by atoms with Crippen LogP contribution in [0.2, 0.25) is 0 Å². The van der Waals surface area contributed by atoms with E-state index in [1.807, 2.05) is 74.5 Å². The van der Waals surface area contributed by atoms with Crippen LogP contribution in [0.1, 0.15) is 57.1 Å². The van der Waals surface area contributed by atoms with Crippen molar-refractivity contribution in [3.05, 3.63) is 71.8 Å². The summed E-state index contributed by atoms with van der Waals surface area (Å²) >= 11 is 0. The number of alkyl carbamates (subject to hydrolysis) is 1. The number of rotatable bonds is 16. The molecule has 10 heteroatoms. The molecule has 0 saturated heterocycles. The highest BCUT2D eigenvalue weighted by atomic mass is 16.5. The monoisotopic (exact) mass is 564 g/mol. The standard InChI is InChI=1S/C31H40N4O6/c1-21(2)17-26(35-31(40)41-20-23-11-7-4-8-12-23)30(39)34-27(18-22-9-5-3-6-10-22)29(38)33-25(19-36)15-16-28(37)32-24-13-14-24/h3-12,19,21,24-27H,13-18,20H2,1-2H3,(H,32,37)(H,33,38)(H,34,39)(H,35,40)/t25-,26-,27-/m0/s1. The largest absolute Gasteiger partial charge is 0.445 e. The van der Waals surface area contributed by atoms with Gasteiger partial charge >= 0.3 is 6.09 Å². The first-order valence-electron chi connectivity index (χ1n) is 14.1. The molecule has 1 saturated carbocycles. The SMILES string of the molecule is CC(C)C[C@H](NC(=O)OCc1ccccc1)C(=O)N[C@@H](Cc1ccccc1)C(=O)N[C@H](C=O)CCC(=O)NC1CC1. The van der Waals surface area contributed by atoms with E-state index in [-0.39, 0.29) is 43.7 Å². The van der Waals surface area contributed by atoms with E-state index >= 15 is 0 Å². The van der Waals surface area contributed by atoms with E-state index in [9.17, 15) is 24.0 Å². The lowest BCUT2D eigenvalue weighted by Gasteiger charge is -2.25. The van der Waals surface area contributed by atoms with Crippen LogP contribution < -0.4 is 21.3 Å². The smallest absolute Gasteiger partial charge is 0.408 e. The molecule has 0 heterocycles. The summed E-state index contributed by atoms with van der Waals surface area (Å²) in [7, 11) is 0. The summed E-state index contributed by atoms with van der Waals surface area (Å²) in [6, 6.07) is 15.7. The van der Waals surface area contributed by atoms with Gasteiger partial charge in [0.25, 0.3) is 0 Å². The molecule has 2 aromatic rings. The van der Waals surface area contributed by atoms with Gasteiger partial charge in [0, 0.05) is 18.9 Å². The van der Waals surface area contributed by atoms with Gasteiger partial charge in [-0.15, -0.1) is 0 Å². The molecule has 0 radical (unpaired) electrons. The van der Waals surface area contributed by atoms with E-state index in [2.05, 4.69) is 21.3 Å². The molecule has 0 spiro atoms. The Balaban J connectivity index is 1.64. The third-order valence-corrected chi connectivity index (χ3v) is 6.56. The van der Waals surface area contributed by atoms with E-state index in [0.29, 0.717) is 12.7 Å². The Morgan fingerprint density at radius 1 is 0.854 bits per heavy atom. The normalized spacial score (nSPS) is 14.7.